The summed E-state index contributed by atoms with van der Waals surface area (Å²) in [4.78, 5) is 0. The van der Waals surface area contributed by atoms with Crippen LogP contribution < -0.4 is 5.73 Å². The number of hydrogen-bond acceptors (Lipinski definition) is 1. The molecule has 0 aliphatic heterocycles. The highest BCUT2D eigenvalue weighted by atomic mass is 35.5. The lowest BCUT2D eigenvalue weighted by Gasteiger charge is -2.13. The normalized spacial score (nSPS) is 12.4. The van der Waals surface area contributed by atoms with Crippen LogP contribution in [-0.4, -0.2) is 0 Å². The van der Waals surface area contributed by atoms with Crippen molar-refractivity contribution in [3.8, 4) is 0 Å². The maximum atomic E-state index is 12.6. The number of rotatable bonds is 3. The van der Waals surface area contributed by atoms with Crippen LogP contribution in [0.5, 0.6) is 0 Å². The van der Waals surface area contributed by atoms with Crippen molar-refractivity contribution in [2.45, 2.75) is 26.3 Å². The molecule has 1 rings (SSSR count). The maximum absolute atomic E-state index is 12.6. The van der Waals surface area contributed by atoms with Crippen molar-refractivity contribution in [3.63, 3.8) is 0 Å². The van der Waals surface area contributed by atoms with Gasteiger partial charge in [0.25, 0.3) is 0 Å². The van der Waals surface area contributed by atoms with Crippen molar-refractivity contribution in [1.29, 1.82) is 0 Å². The Labute approximate surface area is 90.9 Å². The first-order chi connectivity index (χ1) is 6.09. The van der Waals surface area contributed by atoms with Gasteiger partial charge < -0.3 is 5.73 Å². The molecule has 0 aromatic heterocycles. The van der Waals surface area contributed by atoms with Crippen molar-refractivity contribution in [1.82, 2.24) is 0 Å². The zero-order valence-corrected chi connectivity index (χ0v) is 9.35. The van der Waals surface area contributed by atoms with Gasteiger partial charge in [-0.05, 0) is 30.0 Å². The van der Waals surface area contributed by atoms with Gasteiger partial charge in [0.1, 0.15) is 5.82 Å². The van der Waals surface area contributed by atoms with E-state index < -0.39 is 0 Å². The second-order valence-corrected chi connectivity index (χ2v) is 3.79. The summed E-state index contributed by atoms with van der Waals surface area (Å²) in [5.41, 5.74) is 6.93. The van der Waals surface area contributed by atoms with Crippen molar-refractivity contribution in [3.05, 3.63) is 35.6 Å². The SMILES string of the molecule is CC(C)C[C@@H](N)c1ccc(F)cc1.Cl. The van der Waals surface area contributed by atoms with E-state index in [4.69, 9.17) is 5.73 Å². The first-order valence-corrected chi connectivity index (χ1v) is 4.60. The highest BCUT2D eigenvalue weighted by Gasteiger charge is 2.07. The lowest BCUT2D eigenvalue weighted by molar-refractivity contribution is 0.509. The number of halogens is 2. The predicted molar refractivity (Wildman–Crippen MR) is 60.0 cm³/mol. The van der Waals surface area contributed by atoms with Crippen LogP contribution in [0.15, 0.2) is 24.3 Å². The van der Waals surface area contributed by atoms with Gasteiger partial charge in [0.2, 0.25) is 0 Å². The largest absolute Gasteiger partial charge is 0.324 e. The van der Waals surface area contributed by atoms with Gasteiger partial charge in [-0.15, -0.1) is 12.4 Å². The summed E-state index contributed by atoms with van der Waals surface area (Å²) in [6.07, 6.45) is 0.936. The number of nitrogens with two attached hydrogens (primary N) is 1. The smallest absolute Gasteiger partial charge is 0.123 e. The van der Waals surface area contributed by atoms with E-state index in [0.29, 0.717) is 5.92 Å². The van der Waals surface area contributed by atoms with Crippen LogP contribution in [0.3, 0.4) is 0 Å². The molecule has 0 fully saturated rings. The van der Waals surface area contributed by atoms with Crippen LogP contribution in [0.2, 0.25) is 0 Å². The van der Waals surface area contributed by atoms with Gasteiger partial charge >= 0.3 is 0 Å². The van der Waals surface area contributed by atoms with Crippen LogP contribution in [0.1, 0.15) is 31.9 Å². The van der Waals surface area contributed by atoms with Gasteiger partial charge in [0.15, 0.2) is 0 Å². The number of benzene rings is 1. The lowest BCUT2D eigenvalue weighted by Crippen LogP contribution is -2.12. The Kier molecular flexibility index (Phi) is 5.73. The molecular weight excluding hydrogens is 201 g/mol. The fraction of sp³-hybridized carbons (Fsp3) is 0.455. The average Bonchev–Trinajstić information content (AvgIpc) is 2.04. The molecule has 0 spiro atoms. The third-order valence-electron chi connectivity index (χ3n) is 2.02. The third-order valence-corrected chi connectivity index (χ3v) is 2.02. The van der Waals surface area contributed by atoms with Gasteiger partial charge in [-0.2, -0.15) is 0 Å². The van der Waals surface area contributed by atoms with Crippen molar-refractivity contribution in [2.75, 3.05) is 0 Å². The van der Waals surface area contributed by atoms with E-state index in [1.54, 1.807) is 12.1 Å². The molecule has 0 saturated heterocycles. The van der Waals surface area contributed by atoms with Gasteiger partial charge in [-0.3, -0.25) is 0 Å². The van der Waals surface area contributed by atoms with E-state index in [9.17, 15) is 4.39 Å². The van der Waals surface area contributed by atoms with Gasteiger partial charge in [0.05, 0.1) is 0 Å². The van der Waals surface area contributed by atoms with Gasteiger partial charge in [-0.25, -0.2) is 4.39 Å². The summed E-state index contributed by atoms with van der Waals surface area (Å²) in [6, 6.07) is 6.44. The molecule has 0 bridgehead atoms. The summed E-state index contributed by atoms with van der Waals surface area (Å²) in [7, 11) is 0. The minimum absolute atomic E-state index is 0. The molecule has 2 N–H and O–H groups in total. The van der Waals surface area contributed by atoms with E-state index in [2.05, 4.69) is 13.8 Å². The predicted octanol–water partition coefficient (Wildman–Crippen LogP) is 3.29. The van der Waals surface area contributed by atoms with Crippen molar-refractivity contribution in [2.24, 2.45) is 11.7 Å². The summed E-state index contributed by atoms with van der Waals surface area (Å²) in [6.45, 7) is 4.26. The molecule has 0 aliphatic rings. The molecule has 1 atom stereocenters. The Hall–Kier alpha value is -0.600. The monoisotopic (exact) mass is 217 g/mol. The quantitative estimate of drug-likeness (QED) is 0.826. The van der Waals surface area contributed by atoms with Gasteiger partial charge in [-0.1, -0.05) is 26.0 Å². The summed E-state index contributed by atoms with van der Waals surface area (Å²) in [5.74, 6) is 0.362. The van der Waals surface area contributed by atoms with E-state index in [-0.39, 0.29) is 24.3 Å². The second kappa shape index (κ2) is 5.99. The van der Waals surface area contributed by atoms with Crippen LogP contribution in [-0.2, 0) is 0 Å². The molecule has 0 saturated carbocycles. The zero-order valence-electron chi connectivity index (χ0n) is 8.53. The van der Waals surface area contributed by atoms with Crippen LogP contribution >= 0.6 is 12.4 Å². The molecular formula is C11H17ClFN. The molecule has 0 aliphatic carbocycles. The fourth-order valence-electron chi connectivity index (χ4n) is 1.35. The van der Waals surface area contributed by atoms with Crippen LogP contribution in [0, 0.1) is 11.7 Å². The molecule has 1 aromatic rings. The summed E-state index contributed by atoms with van der Waals surface area (Å²) >= 11 is 0. The summed E-state index contributed by atoms with van der Waals surface area (Å²) in [5, 5.41) is 0. The van der Waals surface area contributed by atoms with E-state index in [1.165, 1.54) is 12.1 Å². The average molecular weight is 218 g/mol. The Morgan fingerprint density at radius 2 is 1.71 bits per heavy atom. The molecule has 0 amide bonds. The van der Waals surface area contributed by atoms with E-state index >= 15 is 0 Å². The topological polar surface area (TPSA) is 26.0 Å². The lowest BCUT2D eigenvalue weighted by atomic mass is 9.98. The summed E-state index contributed by atoms with van der Waals surface area (Å²) < 4.78 is 12.6. The Balaban J connectivity index is 0.00000169. The highest BCUT2D eigenvalue weighted by molar-refractivity contribution is 5.85. The maximum Gasteiger partial charge on any atom is 0.123 e. The van der Waals surface area contributed by atoms with Crippen LogP contribution in [0.25, 0.3) is 0 Å². The third kappa shape index (κ3) is 4.07. The minimum atomic E-state index is -0.208. The molecule has 3 heteroatoms. The molecule has 1 nitrogen and oxygen atoms in total. The van der Waals surface area contributed by atoms with Gasteiger partial charge in [0, 0.05) is 6.04 Å². The molecule has 14 heavy (non-hydrogen) atoms. The second-order valence-electron chi connectivity index (χ2n) is 3.79. The molecule has 0 heterocycles. The molecule has 0 radical (unpaired) electrons. The minimum Gasteiger partial charge on any atom is -0.324 e. The number of hydrogen-bond donors (Lipinski definition) is 1. The van der Waals surface area contributed by atoms with Crippen molar-refractivity contribution < 1.29 is 4.39 Å². The Morgan fingerprint density at radius 3 is 2.14 bits per heavy atom. The standard InChI is InChI=1S/C11H16FN.ClH/c1-8(2)7-11(13)9-3-5-10(12)6-4-9;/h3-6,8,11H,7,13H2,1-2H3;1H/t11-;/m1./s1. The van der Waals surface area contributed by atoms with E-state index in [0.717, 1.165) is 12.0 Å². The first-order valence-electron chi connectivity index (χ1n) is 4.60. The molecule has 0 unspecified atom stereocenters. The zero-order chi connectivity index (χ0) is 9.84. The van der Waals surface area contributed by atoms with E-state index in [1.807, 2.05) is 0 Å². The Bertz CT molecular complexity index is 258. The van der Waals surface area contributed by atoms with Crippen molar-refractivity contribution >= 4 is 12.4 Å². The highest BCUT2D eigenvalue weighted by Crippen LogP contribution is 2.18. The molecule has 80 valence electrons. The first kappa shape index (κ1) is 13.4. The fourth-order valence-corrected chi connectivity index (χ4v) is 1.35. The van der Waals surface area contributed by atoms with Crippen LogP contribution in [0.4, 0.5) is 4.39 Å². The molecule has 1 aromatic carbocycles. The Morgan fingerprint density at radius 1 is 1.21 bits per heavy atom.